The van der Waals surface area contributed by atoms with Crippen molar-refractivity contribution in [2.24, 2.45) is 0 Å². The largest absolute Gasteiger partial charge is 0.476 e. The van der Waals surface area contributed by atoms with Crippen LogP contribution in [0.15, 0.2) is 16.9 Å². The number of aromatic carboxylic acids is 1. The van der Waals surface area contributed by atoms with E-state index in [1.165, 1.54) is 11.3 Å². The van der Waals surface area contributed by atoms with Crippen LogP contribution in [0.5, 0.6) is 0 Å². The van der Waals surface area contributed by atoms with Gasteiger partial charge in [0.1, 0.15) is 17.7 Å². The highest BCUT2D eigenvalue weighted by Gasteiger charge is 2.13. The molecular weight excluding hydrogens is 384 g/mol. The smallest absolute Gasteiger partial charge is 0.357 e. The number of carbonyl (C=O) groups is 2. The number of hydrogen-bond acceptors (Lipinski definition) is 8. The molecule has 28 heavy (non-hydrogen) atoms. The first kappa shape index (κ1) is 19.7. The molecule has 3 aromatic rings. The molecule has 2 N–H and O–H groups in total. The van der Waals surface area contributed by atoms with Crippen molar-refractivity contribution in [1.29, 1.82) is 0 Å². The lowest BCUT2D eigenvalue weighted by atomic mass is 10.2. The quantitative estimate of drug-likeness (QED) is 0.516. The summed E-state index contributed by atoms with van der Waals surface area (Å²) in [5, 5.41) is 20.7. The second-order valence-electron chi connectivity index (χ2n) is 6.20. The molecule has 0 aromatic carbocycles. The Labute approximate surface area is 164 Å². The van der Waals surface area contributed by atoms with Gasteiger partial charge >= 0.3 is 5.97 Å². The SMILES string of the molecule is Cc1nc(C)c(C(=O)NCCCCc2cn(Cc3nc(C(=O)O)co3)nn2)s1. The maximum atomic E-state index is 12.1. The number of carboxylic acids is 1. The summed E-state index contributed by atoms with van der Waals surface area (Å²) in [5.41, 5.74) is 1.43. The van der Waals surface area contributed by atoms with Crippen molar-refractivity contribution in [1.82, 2.24) is 30.3 Å². The lowest BCUT2D eigenvalue weighted by molar-refractivity contribution is 0.0690. The van der Waals surface area contributed by atoms with E-state index in [1.807, 2.05) is 13.8 Å². The third-order valence-corrected chi connectivity index (χ3v) is 4.98. The van der Waals surface area contributed by atoms with Crippen molar-refractivity contribution in [2.75, 3.05) is 6.54 Å². The molecule has 0 aliphatic heterocycles. The van der Waals surface area contributed by atoms with E-state index in [-0.39, 0.29) is 24.0 Å². The zero-order valence-corrected chi connectivity index (χ0v) is 16.3. The number of oxazole rings is 1. The first-order valence-corrected chi connectivity index (χ1v) is 9.53. The van der Waals surface area contributed by atoms with Crippen molar-refractivity contribution < 1.29 is 19.1 Å². The number of thiazole rings is 1. The maximum absolute atomic E-state index is 12.1. The zero-order chi connectivity index (χ0) is 20.1. The molecule has 10 nitrogen and oxygen atoms in total. The molecule has 148 valence electrons. The molecule has 0 spiro atoms. The van der Waals surface area contributed by atoms with Gasteiger partial charge in [-0.15, -0.1) is 16.4 Å². The van der Waals surface area contributed by atoms with Crippen LogP contribution >= 0.6 is 11.3 Å². The first-order valence-electron chi connectivity index (χ1n) is 8.71. The molecule has 0 saturated heterocycles. The molecule has 0 bridgehead atoms. The molecule has 0 saturated carbocycles. The van der Waals surface area contributed by atoms with Crippen LogP contribution < -0.4 is 5.32 Å². The minimum Gasteiger partial charge on any atom is -0.476 e. The van der Waals surface area contributed by atoms with Gasteiger partial charge in [0.05, 0.1) is 16.4 Å². The zero-order valence-electron chi connectivity index (χ0n) is 15.5. The lowest BCUT2D eigenvalue weighted by Gasteiger charge is -2.03. The topological polar surface area (TPSA) is 136 Å². The van der Waals surface area contributed by atoms with E-state index in [1.54, 1.807) is 10.9 Å². The maximum Gasteiger partial charge on any atom is 0.357 e. The Morgan fingerprint density at radius 3 is 2.79 bits per heavy atom. The normalized spacial score (nSPS) is 10.9. The van der Waals surface area contributed by atoms with E-state index in [0.717, 1.165) is 41.9 Å². The van der Waals surface area contributed by atoms with Crippen LogP contribution in [0.25, 0.3) is 0 Å². The number of aromatic nitrogens is 5. The van der Waals surface area contributed by atoms with Crippen LogP contribution in [0, 0.1) is 13.8 Å². The number of amides is 1. The summed E-state index contributed by atoms with van der Waals surface area (Å²) in [4.78, 5) is 31.7. The molecule has 11 heteroatoms. The van der Waals surface area contributed by atoms with Gasteiger partial charge in [-0.25, -0.2) is 19.4 Å². The Morgan fingerprint density at radius 1 is 1.29 bits per heavy atom. The van der Waals surface area contributed by atoms with Gasteiger partial charge < -0.3 is 14.8 Å². The molecule has 0 aliphatic carbocycles. The van der Waals surface area contributed by atoms with Crippen molar-refractivity contribution in [3.8, 4) is 0 Å². The average molecular weight is 404 g/mol. The van der Waals surface area contributed by atoms with Crippen molar-refractivity contribution >= 4 is 23.2 Å². The number of nitrogens with one attached hydrogen (secondary N) is 1. The summed E-state index contributed by atoms with van der Waals surface area (Å²) in [6.07, 6.45) is 5.26. The Balaban J connectivity index is 1.39. The molecule has 3 aromatic heterocycles. The second kappa shape index (κ2) is 8.74. The summed E-state index contributed by atoms with van der Waals surface area (Å²) in [6, 6.07) is 0. The minimum atomic E-state index is -1.14. The van der Waals surface area contributed by atoms with Gasteiger partial charge in [0.25, 0.3) is 5.91 Å². The molecule has 0 aliphatic rings. The van der Waals surface area contributed by atoms with Crippen LogP contribution in [0.1, 0.15) is 55.3 Å². The third-order valence-electron chi connectivity index (χ3n) is 3.91. The lowest BCUT2D eigenvalue weighted by Crippen LogP contribution is -2.24. The fraction of sp³-hybridized carbons (Fsp3) is 0.412. The fourth-order valence-electron chi connectivity index (χ4n) is 2.61. The average Bonchev–Trinajstić information content (AvgIpc) is 3.35. The van der Waals surface area contributed by atoms with Crippen molar-refractivity contribution in [2.45, 2.75) is 39.7 Å². The van der Waals surface area contributed by atoms with E-state index in [9.17, 15) is 9.59 Å². The number of unbranched alkanes of at least 4 members (excludes halogenated alkanes) is 1. The van der Waals surface area contributed by atoms with E-state index in [0.29, 0.717) is 11.4 Å². The first-order chi connectivity index (χ1) is 13.4. The van der Waals surface area contributed by atoms with Gasteiger partial charge in [0.2, 0.25) is 5.89 Å². The Morgan fingerprint density at radius 2 is 2.11 bits per heavy atom. The van der Waals surface area contributed by atoms with Crippen molar-refractivity contribution in [3.63, 3.8) is 0 Å². The minimum absolute atomic E-state index is 0.0827. The Bertz CT molecular complexity index is 976. The summed E-state index contributed by atoms with van der Waals surface area (Å²) < 4.78 is 6.64. The summed E-state index contributed by atoms with van der Waals surface area (Å²) in [6.45, 7) is 4.51. The third kappa shape index (κ3) is 5.00. The number of aryl methyl sites for hydroxylation is 3. The van der Waals surface area contributed by atoms with E-state index in [2.05, 4.69) is 25.6 Å². The second-order valence-corrected chi connectivity index (χ2v) is 7.40. The molecular formula is C17H20N6O4S. The summed E-state index contributed by atoms with van der Waals surface area (Å²) in [5.74, 6) is -0.965. The van der Waals surface area contributed by atoms with Crippen LogP contribution in [0.2, 0.25) is 0 Å². The van der Waals surface area contributed by atoms with E-state index < -0.39 is 5.97 Å². The summed E-state index contributed by atoms with van der Waals surface area (Å²) in [7, 11) is 0. The number of nitrogens with zero attached hydrogens (tertiary/aromatic N) is 5. The highest BCUT2D eigenvalue weighted by atomic mass is 32.1. The van der Waals surface area contributed by atoms with Gasteiger partial charge in [-0.1, -0.05) is 5.21 Å². The standard InChI is InChI=1S/C17H20N6O4S/c1-10-15(28-11(2)19-10)16(24)18-6-4-3-5-12-7-23(22-21-12)8-14-20-13(9-27-14)17(25)26/h7,9H,3-6,8H2,1-2H3,(H,18,24)(H,25,26). The number of rotatable bonds is 9. The van der Waals surface area contributed by atoms with Crippen molar-refractivity contribution in [3.05, 3.63) is 45.3 Å². The van der Waals surface area contributed by atoms with Gasteiger partial charge in [-0.3, -0.25) is 4.79 Å². The predicted octanol–water partition coefficient (Wildman–Crippen LogP) is 1.84. The van der Waals surface area contributed by atoms with Crippen LogP contribution in [0.3, 0.4) is 0 Å². The fourth-order valence-corrected chi connectivity index (χ4v) is 3.44. The molecule has 1 amide bonds. The van der Waals surface area contributed by atoms with Gasteiger partial charge in [-0.2, -0.15) is 0 Å². The molecule has 3 heterocycles. The number of hydrogen-bond donors (Lipinski definition) is 2. The molecule has 3 rings (SSSR count). The van der Waals surface area contributed by atoms with Crippen LogP contribution in [-0.2, 0) is 13.0 Å². The highest BCUT2D eigenvalue weighted by Crippen LogP contribution is 2.16. The molecule has 0 radical (unpaired) electrons. The monoisotopic (exact) mass is 404 g/mol. The van der Waals surface area contributed by atoms with Gasteiger partial charge in [0, 0.05) is 12.7 Å². The van der Waals surface area contributed by atoms with E-state index in [4.69, 9.17) is 9.52 Å². The van der Waals surface area contributed by atoms with E-state index >= 15 is 0 Å². The Kier molecular flexibility index (Phi) is 6.14. The predicted molar refractivity (Wildman–Crippen MR) is 99.4 cm³/mol. The Hall–Kier alpha value is -3.08. The number of carboxylic acid groups (broad SMARTS) is 1. The van der Waals surface area contributed by atoms with Gasteiger partial charge in [0.15, 0.2) is 5.69 Å². The highest BCUT2D eigenvalue weighted by molar-refractivity contribution is 7.13. The molecule has 0 fully saturated rings. The molecule has 0 atom stereocenters. The summed E-state index contributed by atoms with van der Waals surface area (Å²) >= 11 is 1.40. The number of carbonyl (C=O) groups excluding carboxylic acids is 1. The molecule has 0 unspecified atom stereocenters. The van der Waals surface area contributed by atoms with Gasteiger partial charge in [-0.05, 0) is 33.1 Å². The van der Waals surface area contributed by atoms with Crippen LogP contribution in [-0.4, -0.2) is 48.5 Å². The van der Waals surface area contributed by atoms with Crippen LogP contribution in [0.4, 0.5) is 0 Å².